The Morgan fingerprint density at radius 2 is 2.17 bits per heavy atom. The first-order valence-corrected chi connectivity index (χ1v) is 11.3. The largest absolute Gasteiger partial charge is 0.357 e. The van der Waals surface area contributed by atoms with Crippen LogP contribution in [0.15, 0.2) is 22.5 Å². The summed E-state index contributed by atoms with van der Waals surface area (Å²) in [6.45, 7) is 14.2. The minimum Gasteiger partial charge on any atom is -0.357 e. The predicted molar refractivity (Wildman–Crippen MR) is 134 cm³/mol. The van der Waals surface area contributed by atoms with Crippen LogP contribution in [0.25, 0.3) is 0 Å². The number of thiophene rings is 1. The van der Waals surface area contributed by atoms with E-state index in [9.17, 15) is 0 Å². The van der Waals surface area contributed by atoms with Crippen LogP contribution in [0.4, 0.5) is 0 Å². The Kier molecular flexibility index (Phi) is 9.91. The van der Waals surface area contributed by atoms with Crippen molar-refractivity contribution < 1.29 is 0 Å². The fourth-order valence-electron chi connectivity index (χ4n) is 3.66. The van der Waals surface area contributed by atoms with Gasteiger partial charge in [0.2, 0.25) is 0 Å². The minimum atomic E-state index is 0. The Hall–Kier alpha value is -1.13. The van der Waals surface area contributed by atoms with E-state index in [0.717, 1.165) is 57.3 Å². The number of hydrogen-bond acceptors (Lipinski definition) is 4. The summed E-state index contributed by atoms with van der Waals surface area (Å²) in [5.41, 5.74) is 3.81. The first-order valence-electron chi connectivity index (χ1n) is 10.4. The van der Waals surface area contributed by atoms with Crippen molar-refractivity contribution in [2.24, 2.45) is 4.99 Å². The van der Waals surface area contributed by atoms with Crippen LogP contribution in [0.1, 0.15) is 42.1 Å². The zero-order valence-electron chi connectivity index (χ0n) is 18.1. The van der Waals surface area contributed by atoms with Gasteiger partial charge in [-0.1, -0.05) is 0 Å². The number of rotatable bonds is 8. The van der Waals surface area contributed by atoms with Crippen LogP contribution in [-0.4, -0.2) is 52.9 Å². The Morgan fingerprint density at radius 3 is 2.90 bits per heavy atom. The summed E-state index contributed by atoms with van der Waals surface area (Å²) in [6, 6.07) is 4.84. The van der Waals surface area contributed by atoms with Crippen molar-refractivity contribution in [3.05, 3.63) is 39.3 Å². The number of aliphatic imine (C=N–C) groups is 1. The van der Waals surface area contributed by atoms with Crippen molar-refractivity contribution in [3.63, 3.8) is 0 Å². The molecule has 1 atom stereocenters. The molecule has 6 nitrogen and oxygen atoms in total. The Morgan fingerprint density at radius 1 is 1.34 bits per heavy atom. The highest BCUT2D eigenvalue weighted by Crippen LogP contribution is 2.25. The molecule has 29 heavy (non-hydrogen) atoms. The summed E-state index contributed by atoms with van der Waals surface area (Å²) >= 11 is 1.90. The predicted octanol–water partition coefficient (Wildman–Crippen LogP) is 3.57. The van der Waals surface area contributed by atoms with Gasteiger partial charge in [-0.25, -0.2) is 0 Å². The van der Waals surface area contributed by atoms with Crippen molar-refractivity contribution >= 4 is 41.3 Å². The van der Waals surface area contributed by atoms with Gasteiger partial charge in [-0.2, -0.15) is 5.10 Å². The second-order valence-corrected chi connectivity index (χ2v) is 8.59. The average Bonchev–Trinajstić information content (AvgIpc) is 3.27. The minimum absolute atomic E-state index is 0. The fourth-order valence-corrected chi connectivity index (χ4v) is 4.55. The Bertz CT molecular complexity index is 784. The van der Waals surface area contributed by atoms with Gasteiger partial charge in [0.05, 0.1) is 12.2 Å². The molecule has 2 aromatic heterocycles. The lowest BCUT2D eigenvalue weighted by Gasteiger charge is -2.31. The number of halogens is 1. The second kappa shape index (κ2) is 11.9. The van der Waals surface area contributed by atoms with Gasteiger partial charge in [-0.05, 0) is 63.6 Å². The van der Waals surface area contributed by atoms with E-state index in [2.05, 4.69) is 63.6 Å². The molecule has 1 aliphatic rings. The highest BCUT2D eigenvalue weighted by Gasteiger charge is 2.21. The molecule has 1 aliphatic heterocycles. The molecule has 8 heteroatoms. The van der Waals surface area contributed by atoms with Crippen molar-refractivity contribution in [3.8, 4) is 0 Å². The molecule has 0 amide bonds. The molecular formula is C21H35IN6S. The molecule has 0 fully saturated rings. The fraction of sp³-hybridized carbons (Fsp3) is 0.619. The second-order valence-electron chi connectivity index (χ2n) is 7.59. The molecule has 0 aromatic carbocycles. The quantitative estimate of drug-likeness (QED) is 0.237. The SMILES string of the molecule is CCNC(=NCC(C)N1CCc2sccc2C1)NCCCn1nc(C)cc1C.I. The summed E-state index contributed by atoms with van der Waals surface area (Å²) in [7, 11) is 0. The third kappa shape index (κ3) is 6.96. The molecule has 1 unspecified atom stereocenters. The van der Waals surface area contributed by atoms with E-state index in [-0.39, 0.29) is 24.0 Å². The number of guanidine groups is 1. The third-order valence-corrected chi connectivity index (χ3v) is 6.28. The normalized spacial score (nSPS) is 15.5. The molecule has 0 radical (unpaired) electrons. The van der Waals surface area contributed by atoms with Gasteiger partial charge in [0.25, 0.3) is 0 Å². The van der Waals surface area contributed by atoms with Gasteiger partial charge in [0.1, 0.15) is 0 Å². The molecular weight excluding hydrogens is 495 g/mol. The highest BCUT2D eigenvalue weighted by molar-refractivity contribution is 14.0. The molecule has 2 N–H and O–H groups in total. The molecule has 162 valence electrons. The number of fused-ring (bicyclic) bond motifs is 1. The zero-order chi connectivity index (χ0) is 19.9. The van der Waals surface area contributed by atoms with Crippen molar-refractivity contribution in [1.29, 1.82) is 0 Å². The van der Waals surface area contributed by atoms with Gasteiger partial charge in [-0.3, -0.25) is 14.6 Å². The topological polar surface area (TPSA) is 57.5 Å². The van der Waals surface area contributed by atoms with Crippen LogP contribution in [0, 0.1) is 13.8 Å². The average molecular weight is 531 g/mol. The van der Waals surface area contributed by atoms with Crippen molar-refractivity contribution in [2.45, 2.75) is 59.7 Å². The van der Waals surface area contributed by atoms with Crippen LogP contribution >= 0.6 is 35.3 Å². The smallest absolute Gasteiger partial charge is 0.191 e. The summed E-state index contributed by atoms with van der Waals surface area (Å²) in [5.74, 6) is 0.913. The van der Waals surface area contributed by atoms with Crippen LogP contribution in [0.5, 0.6) is 0 Å². The maximum absolute atomic E-state index is 4.83. The molecule has 3 rings (SSSR count). The van der Waals surface area contributed by atoms with E-state index in [0.29, 0.717) is 6.04 Å². The lowest BCUT2D eigenvalue weighted by Crippen LogP contribution is -2.41. The molecule has 0 saturated carbocycles. The van der Waals surface area contributed by atoms with Crippen LogP contribution in [0.3, 0.4) is 0 Å². The lowest BCUT2D eigenvalue weighted by molar-refractivity contribution is 0.197. The molecule has 0 spiro atoms. The van der Waals surface area contributed by atoms with Crippen LogP contribution < -0.4 is 10.6 Å². The zero-order valence-corrected chi connectivity index (χ0v) is 21.2. The van der Waals surface area contributed by atoms with Crippen LogP contribution in [0.2, 0.25) is 0 Å². The lowest BCUT2D eigenvalue weighted by atomic mass is 10.1. The van der Waals surface area contributed by atoms with Gasteiger partial charge in [0, 0.05) is 49.3 Å². The highest BCUT2D eigenvalue weighted by atomic mass is 127. The first kappa shape index (κ1) is 24.1. The number of aromatic nitrogens is 2. The monoisotopic (exact) mass is 530 g/mol. The Balaban J connectivity index is 0.00000300. The molecule has 2 aromatic rings. The molecule has 0 aliphatic carbocycles. The summed E-state index contributed by atoms with van der Waals surface area (Å²) in [4.78, 5) is 8.94. The van der Waals surface area contributed by atoms with E-state index >= 15 is 0 Å². The van der Waals surface area contributed by atoms with E-state index < -0.39 is 0 Å². The molecule has 0 bridgehead atoms. The maximum Gasteiger partial charge on any atom is 0.191 e. The Labute approximate surface area is 196 Å². The van der Waals surface area contributed by atoms with E-state index in [1.807, 2.05) is 18.3 Å². The summed E-state index contributed by atoms with van der Waals surface area (Å²) < 4.78 is 2.08. The van der Waals surface area contributed by atoms with Gasteiger partial charge in [0.15, 0.2) is 5.96 Å². The van der Waals surface area contributed by atoms with E-state index in [1.165, 1.54) is 17.7 Å². The number of hydrogen-bond donors (Lipinski definition) is 2. The van der Waals surface area contributed by atoms with Crippen molar-refractivity contribution in [1.82, 2.24) is 25.3 Å². The third-order valence-electron chi connectivity index (χ3n) is 5.26. The number of aryl methyl sites for hydroxylation is 3. The van der Waals surface area contributed by atoms with Gasteiger partial charge in [-0.15, -0.1) is 35.3 Å². The summed E-state index contributed by atoms with van der Waals surface area (Å²) in [6.07, 6.45) is 2.20. The molecule has 3 heterocycles. The summed E-state index contributed by atoms with van der Waals surface area (Å²) in [5, 5.41) is 13.6. The van der Waals surface area contributed by atoms with Crippen LogP contribution in [-0.2, 0) is 19.5 Å². The van der Waals surface area contributed by atoms with Gasteiger partial charge >= 0.3 is 0 Å². The standard InChI is InChI=1S/C21H34N6S.HI/c1-5-22-21(23-9-6-10-27-17(3)13-16(2)25-27)24-14-18(4)26-11-7-20-19(15-26)8-12-28-20;/h8,12-13,18H,5-7,9-11,14-15H2,1-4H3,(H2,22,23,24);1H. The first-order chi connectivity index (χ1) is 13.6. The number of nitrogens with one attached hydrogen (secondary N) is 2. The number of nitrogens with zero attached hydrogens (tertiary/aromatic N) is 4. The van der Waals surface area contributed by atoms with Gasteiger partial charge < -0.3 is 10.6 Å². The maximum atomic E-state index is 4.83. The molecule has 0 saturated heterocycles. The van der Waals surface area contributed by atoms with Crippen molar-refractivity contribution in [2.75, 3.05) is 26.2 Å². The van der Waals surface area contributed by atoms with E-state index in [4.69, 9.17) is 4.99 Å². The van der Waals surface area contributed by atoms with E-state index in [1.54, 1.807) is 4.88 Å².